The van der Waals surface area contributed by atoms with E-state index in [-0.39, 0.29) is 11.9 Å². The van der Waals surface area contributed by atoms with Gasteiger partial charge in [0.05, 0.1) is 23.4 Å². The van der Waals surface area contributed by atoms with Crippen molar-refractivity contribution in [1.82, 2.24) is 24.4 Å². The van der Waals surface area contributed by atoms with Crippen LogP contribution in [0, 0.1) is 4.77 Å². The second-order valence-electron chi connectivity index (χ2n) is 5.85. The molecule has 0 fully saturated rings. The van der Waals surface area contributed by atoms with E-state index in [1.807, 2.05) is 48.4 Å². The number of nitrogens with one attached hydrogen (secondary N) is 1. The average molecular weight is 349 g/mol. The van der Waals surface area contributed by atoms with Crippen LogP contribution in [-0.4, -0.2) is 44.6 Å². The number of benzene rings is 1. The van der Waals surface area contributed by atoms with Crippen LogP contribution in [0.25, 0.3) is 15.2 Å². The molecule has 0 saturated carbocycles. The molecule has 6 nitrogen and oxygen atoms in total. The molecule has 1 N–H and O–H groups in total. The lowest BCUT2D eigenvalue weighted by Crippen LogP contribution is -2.39. The van der Waals surface area contributed by atoms with E-state index in [1.165, 1.54) is 0 Å². The molecule has 0 radical (unpaired) electrons. The predicted octanol–water partition coefficient (Wildman–Crippen LogP) is 2.49. The molecule has 8 heteroatoms. The molecule has 0 atom stereocenters. The van der Waals surface area contributed by atoms with Crippen molar-refractivity contribution in [2.75, 3.05) is 13.6 Å². The molecule has 122 valence electrons. The maximum Gasteiger partial charge on any atom is 0.234 e. The summed E-state index contributed by atoms with van der Waals surface area (Å²) < 4.78 is 5.56. The van der Waals surface area contributed by atoms with Gasteiger partial charge in [0.15, 0.2) is 0 Å². The number of fused-ring (bicyclic) bond motifs is 3. The fourth-order valence-corrected chi connectivity index (χ4v) is 3.83. The standard InChI is InChI=1S/C15H19N5OS2/c1-10(2)16-13(21)8-18(3)9-19-15(22)20-11-6-4-5-7-12(11)23-14(20)17-19/h4-7,10H,8-9H2,1-3H3,(H,16,21). The van der Waals surface area contributed by atoms with Gasteiger partial charge in [-0.25, -0.2) is 4.68 Å². The first-order valence-corrected chi connectivity index (χ1v) is 8.63. The molecule has 3 rings (SSSR count). The number of nitrogens with zero attached hydrogens (tertiary/aromatic N) is 4. The fourth-order valence-electron chi connectivity index (χ4n) is 2.47. The van der Waals surface area contributed by atoms with Gasteiger partial charge in [-0.3, -0.25) is 14.1 Å². The highest BCUT2D eigenvalue weighted by Gasteiger charge is 2.13. The van der Waals surface area contributed by atoms with E-state index in [0.717, 1.165) is 15.2 Å². The number of aromatic nitrogens is 3. The van der Waals surface area contributed by atoms with Crippen LogP contribution >= 0.6 is 23.6 Å². The van der Waals surface area contributed by atoms with Gasteiger partial charge in [0.2, 0.25) is 15.6 Å². The van der Waals surface area contributed by atoms with Crippen LogP contribution in [0.5, 0.6) is 0 Å². The third-order valence-electron chi connectivity index (χ3n) is 3.36. The molecule has 0 spiro atoms. The summed E-state index contributed by atoms with van der Waals surface area (Å²) in [4.78, 5) is 14.6. The third kappa shape index (κ3) is 3.29. The number of carbonyl (C=O) groups is 1. The van der Waals surface area contributed by atoms with Crippen LogP contribution in [0.4, 0.5) is 0 Å². The molecule has 0 aliphatic rings. The molecule has 2 heterocycles. The van der Waals surface area contributed by atoms with Gasteiger partial charge in [-0.2, -0.15) is 0 Å². The highest BCUT2D eigenvalue weighted by Crippen LogP contribution is 2.25. The smallest absolute Gasteiger partial charge is 0.234 e. The second-order valence-corrected chi connectivity index (χ2v) is 7.22. The predicted molar refractivity (Wildman–Crippen MR) is 95.3 cm³/mol. The maximum atomic E-state index is 11.8. The molecule has 2 aromatic heterocycles. The first-order chi connectivity index (χ1) is 11.0. The summed E-state index contributed by atoms with van der Waals surface area (Å²) in [6, 6.07) is 8.26. The number of rotatable bonds is 5. The van der Waals surface area contributed by atoms with Crippen molar-refractivity contribution in [3.05, 3.63) is 29.0 Å². The van der Waals surface area contributed by atoms with Crippen LogP contribution < -0.4 is 5.32 Å². The number of hydrogen-bond donors (Lipinski definition) is 1. The Hall–Kier alpha value is -1.77. The minimum Gasteiger partial charge on any atom is -0.353 e. The summed E-state index contributed by atoms with van der Waals surface area (Å²) in [7, 11) is 1.88. The Labute approximate surface area is 143 Å². The van der Waals surface area contributed by atoms with E-state index in [1.54, 1.807) is 16.0 Å². The summed E-state index contributed by atoms with van der Waals surface area (Å²) in [5.74, 6) is 0.000453. The molecule has 0 aliphatic carbocycles. The summed E-state index contributed by atoms with van der Waals surface area (Å²) in [5, 5.41) is 7.46. The Morgan fingerprint density at radius 1 is 1.43 bits per heavy atom. The van der Waals surface area contributed by atoms with Gasteiger partial charge in [0.25, 0.3) is 0 Å². The zero-order chi connectivity index (χ0) is 16.6. The SMILES string of the molecule is CC(C)NC(=O)CN(C)Cn1nc2sc3ccccc3n2c1=S. The number of thiazole rings is 1. The first-order valence-electron chi connectivity index (χ1n) is 7.40. The number of para-hydroxylation sites is 1. The number of amides is 1. The minimum atomic E-state index is 0.000453. The molecule has 1 amide bonds. The Bertz CT molecular complexity index is 908. The molecule has 0 aliphatic heterocycles. The Kier molecular flexibility index (Phi) is 4.47. The zero-order valence-electron chi connectivity index (χ0n) is 13.3. The van der Waals surface area contributed by atoms with Crippen LogP contribution in [0.1, 0.15) is 13.8 Å². The highest BCUT2D eigenvalue weighted by atomic mass is 32.1. The molecule has 23 heavy (non-hydrogen) atoms. The molecule has 0 unspecified atom stereocenters. The highest BCUT2D eigenvalue weighted by molar-refractivity contribution is 7.71. The van der Waals surface area contributed by atoms with E-state index in [0.29, 0.717) is 18.0 Å². The van der Waals surface area contributed by atoms with Crippen molar-refractivity contribution < 1.29 is 4.79 Å². The largest absolute Gasteiger partial charge is 0.353 e. The van der Waals surface area contributed by atoms with Gasteiger partial charge in [-0.05, 0) is 45.2 Å². The quantitative estimate of drug-likeness (QED) is 0.719. The van der Waals surface area contributed by atoms with Gasteiger partial charge >= 0.3 is 0 Å². The Balaban J connectivity index is 1.82. The lowest BCUT2D eigenvalue weighted by molar-refractivity contribution is -0.122. The fraction of sp³-hybridized carbons (Fsp3) is 0.400. The van der Waals surface area contributed by atoms with Crippen molar-refractivity contribution in [2.45, 2.75) is 26.6 Å². The topological polar surface area (TPSA) is 54.6 Å². The van der Waals surface area contributed by atoms with Crippen LogP contribution in [0.15, 0.2) is 24.3 Å². The monoisotopic (exact) mass is 349 g/mol. The first kappa shape index (κ1) is 16.1. The van der Waals surface area contributed by atoms with Crippen LogP contribution in [0.3, 0.4) is 0 Å². The molecule has 1 aromatic carbocycles. The Morgan fingerprint density at radius 2 is 2.17 bits per heavy atom. The normalized spacial score (nSPS) is 11.9. The lowest BCUT2D eigenvalue weighted by atomic mass is 10.3. The van der Waals surface area contributed by atoms with E-state index >= 15 is 0 Å². The van der Waals surface area contributed by atoms with Gasteiger partial charge < -0.3 is 5.32 Å². The molecule has 3 aromatic rings. The minimum absolute atomic E-state index is 0.000453. The van der Waals surface area contributed by atoms with Crippen LogP contribution in [0.2, 0.25) is 0 Å². The van der Waals surface area contributed by atoms with Crippen molar-refractivity contribution in [1.29, 1.82) is 0 Å². The van der Waals surface area contributed by atoms with Gasteiger partial charge in [0, 0.05) is 6.04 Å². The van der Waals surface area contributed by atoms with Crippen molar-refractivity contribution in [3.63, 3.8) is 0 Å². The Morgan fingerprint density at radius 3 is 2.91 bits per heavy atom. The summed E-state index contributed by atoms with van der Waals surface area (Å²) >= 11 is 7.17. The average Bonchev–Trinajstić information content (AvgIpc) is 2.95. The van der Waals surface area contributed by atoms with E-state index in [9.17, 15) is 4.79 Å². The van der Waals surface area contributed by atoms with E-state index in [4.69, 9.17) is 12.2 Å². The molecule has 0 saturated heterocycles. The van der Waals surface area contributed by atoms with Gasteiger partial charge in [-0.1, -0.05) is 23.5 Å². The summed E-state index contributed by atoms with van der Waals surface area (Å²) in [6.07, 6.45) is 0. The number of hydrogen-bond acceptors (Lipinski definition) is 5. The summed E-state index contributed by atoms with van der Waals surface area (Å²) in [6.45, 7) is 4.68. The molecular formula is C15H19N5OS2. The molecular weight excluding hydrogens is 330 g/mol. The third-order valence-corrected chi connectivity index (χ3v) is 4.76. The zero-order valence-corrected chi connectivity index (χ0v) is 14.9. The lowest BCUT2D eigenvalue weighted by Gasteiger charge is -2.17. The van der Waals surface area contributed by atoms with Gasteiger partial charge in [-0.15, -0.1) is 5.10 Å². The van der Waals surface area contributed by atoms with Crippen molar-refractivity contribution in [2.24, 2.45) is 0 Å². The van der Waals surface area contributed by atoms with E-state index in [2.05, 4.69) is 16.5 Å². The van der Waals surface area contributed by atoms with E-state index < -0.39 is 0 Å². The maximum absolute atomic E-state index is 11.8. The van der Waals surface area contributed by atoms with Crippen molar-refractivity contribution in [3.8, 4) is 0 Å². The second kappa shape index (κ2) is 6.38. The van der Waals surface area contributed by atoms with Gasteiger partial charge in [0.1, 0.15) is 0 Å². The summed E-state index contributed by atoms with van der Waals surface area (Å²) in [5.41, 5.74) is 1.07. The van der Waals surface area contributed by atoms with Crippen LogP contribution in [-0.2, 0) is 11.5 Å². The van der Waals surface area contributed by atoms with Crippen molar-refractivity contribution >= 4 is 44.6 Å². The number of carbonyl (C=O) groups excluding carboxylic acids is 1. The number of likely N-dealkylation sites (N-methyl/N-ethyl adjacent to an activating group) is 1. The molecule has 0 bridgehead atoms.